The van der Waals surface area contributed by atoms with Crippen LogP contribution in [0, 0.1) is 11.8 Å². The van der Waals surface area contributed by atoms with E-state index in [4.69, 9.17) is 5.11 Å². The first-order chi connectivity index (χ1) is 9.47. The normalized spacial score (nSPS) is 28.8. The minimum Gasteiger partial charge on any atom is -0.480 e. The van der Waals surface area contributed by atoms with Crippen LogP contribution >= 0.6 is 0 Å². The predicted octanol–water partition coefficient (Wildman–Crippen LogP) is 0.994. The van der Waals surface area contributed by atoms with E-state index < -0.39 is 12.0 Å². The van der Waals surface area contributed by atoms with E-state index in [-0.39, 0.29) is 31.1 Å². The molecule has 2 fully saturated rings. The van der Waals surface area contributed by atoms with Crippen LogP contribution in [-0.4, -0.2) is 63.8 Å². The van der Waals surface area contributed by atoms with Crippen LogP contribution in [0.3, 0.4) is 0 Å². The molecule has 1 saturated carbocycles. The standard InChI is InChI=1S/C14H24N2O4/c1-9(2)15(6-7-17)14(20)16-8-10-4-3-5-11(10)12(16)13(18)19/h9-12,17H,3-8H2,1-2H3,(H,18,19). The first-order valence-electron chi connectivity index (χ1n) is 7.38. The lowest BCUT2D eigenvalue weighted by Crippen LogP contribution is -2.52. The molecule has 0 aromatic rings. The molecule has 3 atom stereocenters. The number of aliphatic carboxylic acids is 1. The molecule has 6 nitrogen and oxygen atoms in total. The second-order valence-corrected chi connectivity index (χ2v) is 6.08. The Balaban J connectivity index is 2.17. The van der Waals surface area contributed by atoms with Gasteiger partial charge in [0.25, 0.3) is 0 Å². The first kappa shape index (κ1) is 15.1. The molecule has 0 spiro atoms. The summed E-state index contributed by atoms with van der Waals surface area (Å²) in [7, 11) is 0. The van der Waals surface area contributed by atoms with E-state index in [1.165, 1.54) is 4.90 Å². The van der Waals surface area contributed by atoms with E-state index in [0.29, 0.717) is 12.5 Å². The number of carbonyl (C=O) groups is 2. The lowest BCUT2D eigenvalue weighted by Gasteiger charge is -2.33. The molecule has 114 valence electrons. The molecule has 6 heteroatoms. The van der Waals surface area contributed by atoms with Crippen LogP contribution in [-0.2, 0) is 4.79 Å². The van der Waals surface area contributed by atoms with Gasteiger partial charge in [0.15, 0.2) is 0 Å². The zero-order valence-corrected chi connectivity index (χ0v) is 12.2. The molecule has 1 saturated heterocycles. The Morgan fingerprint density at radius 2 is 2.05 bits per heavy atom. The SMILES string of the molecule is CC(C)N(CCO)C(=O)N1CC2CCCC2C1C(=O)O. The molecule has 1 heterocycles. The topological polar surface area (TPSA) is 81.1 Å². The fourth-order valence-electron chi connectivity index (χ4n) is 3.67. The highest BCUT2D eigenvalue weighted by Gasteiger charge is 2.50. The molecule has 1 aliphatic heterocycles. The predicted molar refractivity (Wildman–Crippen MR) is 73.3 cm³/mol. The van der Waals surface area contributed by atoms with E-state index in [1.807, 2.05) is 13.8 Å². The van der Waals surface area contributed by atoms with Gasteiger partial charge < -0.3 is 20.0 Å². The van der Waals surface area contributed by atoms with Crippen molar-refractivity contribution in [2.24, 2.45) is 11.8 Å². The molecule has 0 aromatic heterocycles. The number of fused-ring (bicyclic) bond motifs is 1. The van der Waals surface area contributed by atoms with Gasteiger partial charge in [-0.15, -0.1) is 0 Å². The fourth-order valence-corrected chi connectivity index (χ4v) is 3.67. The number of aliphatic hydroxyl groups excluding tert-OH is 1. The summed E-state index contributed by atoms with van der Waals surface area (Å²) in [4.78, 5) is 27.2. The number of urea groups is 1. The molecule has 0 bridgehead atoms. The zero-order chi connectivity index (χ0) is 14.9. The molecule has 20 heavy (non-hydrogen) atoms. The van der Waals surface area contributed by atoms with Crippen molar-refractivity contribution in [1.29, 1.82) is 0 Å². The largest absolute Gasteiger partial charge is 0.480 e. The quantitative estimate of drug-likeness (QED) is 0.807. The molecule has 0 radical (unpaired) electrons. The van der Waals surface area contributed by atoms with Gasteiger partial charge in [0.05, 0.1) is 6.61 Å². The summed E-state index contributed by atoms with van der Waals surface area (Å²) < 4.78 is 0. The zero-order valence-electron chi connectivity index (χ0n) is 12.2. The van der Waals surface area contributed by atoms with E-state index in [2.05, 4.69) is 0 Å². The minimum atomic E-state index is -0.902. The van der Waals surface area contributed by atoms with Crippen molar-refractivity contribution < 1.29 is 19.8 Å². The lowest BCUT2D eigenvalue weighted by molar-refractivity contribution is -0.142. The van der Waals surface area contributed by atoms with Gasteiger partial charge in [0.1, 0.15) is 6.04 Å². The Kier molecular flexibility index (Phi) is 4.52. The summed E-state index contributed by atoms with van der Waals surface area (Å²) in [6, 6.07) is -1.00. The molecule has 1 aliphatic carbocycles. The van der Waals surface area contributed by atoms with E-state index >= 15 is 0 Å². The number of likely N-dealkylation sites (tertiary alicyclic amines) is 1. The number of carboxylic acid groups (broad SMARTS) is 1. The third kappa shape index (κ3) is 2.61. The average Bonchev–Trinajstić information content (AvgIpc) is 2.93. The Bertz CT molecular complexity index is 385. The third-order valence-corrected chi connectivity index (χ3v) is 4.60. The number of hydrogen-bond acceptors (Lipinski definition) is 3. The molecule has 2 amide bonds. The second kappa shape index (κ2) is 5.99. The molecule has 2 N–H and O–H groups in total. The van der Waals surface area contributed by atoms with Gasteiger partial charge in [-0.1, -0.05) is 6.42 Å². The smallest absolute Gasteiger partial charge is 0.326 e. The maximum Gasteiger partial charge on any atom is 0.326 e. The van der Waals surface area contributed by atoms with E-state index in [1.54, 1.807) is 4.90 Å². The van der Waals surface area contributed by atoms with Crippen molar-refractivity contribution in [3.8, 4) is 0 Å². The van der Waals surface area contributed by atoms with Gasteiger partial charge in [0.2, 0.25) is 0 Å². The fraction of sp³-hybridized carbons (Fsp3) is 0.857. The summed E-state index contributed by atoms with van der Waals surface area (Å²) in [5.74, 6) is -0.483. The maximum atomic E-state index is 12.6. The van der Waals surface area contributed by atoms with Crippen molar-refractivity contribution in [3.63, 3.8) is 0 Å². The highest BCUT2D eigenvalue weighted by Crippen LogP contribution is 2.42. The monoisotopic (exact) mass is 284 g/mol. The average molecular weight is 284 g/mol. The van der Waals surface area contributed by atoms with E-state index in [9.17, 15) is 14.7 Å². The molecule has 2 aliphatic rings. The van der Waals surface area contributed by atoms with Crippen molar-refractivity contribution >= 4 is 12.0 Å². The molecule has 2 rings (SSSR count). The van der Waals surface area contributed by atoms with E-state index in [0.717, 1.165) is 19.3 Å². The van der Waals surface area contributed by atoms with Crippen LogP contribution in [0.1, 0.15) is 33.1 Å². The van der Waals surface area contributed by atoms with Crippen LogP contribution < -0.4 is 0 Å². The maximum absolute atomic E-state index is 12.6. The van der Waals surface area contributed by atoms with Gasteiger partial charge in [-0.3, -0.25) is 0 Å². The number of amides is 2. The van der Waals surface area contributed by atoms with Crippen molar-refractivity contribution in [3.05, 3.63) is 0 Å². The van der Waals surface area contributed by atoms with Crippen LogP contribution in [0.2, 0.25) is 0 Å². The number of rotatable bonds is 4. The van der Waals surface area contributed by atoms with Gasteiger partial charge in [-0.2, -0.15) is 0 Å². The van der Waals surface area contributed by atoms with Crippen molar-refractivity contribution in [1.82, 2.24) is 9.80 Å². The van der Waals surface area contributed by atoms with Gasteiger partial charge >= 0.3 is 12.0 Å². The summed E-state index contributed by atoms with van der Waals surface area (Å²) in [5.41, 5.74) is 0. The minimum absolute atomic E-state index is 0.0514. The third-order valence-electron chi connectivity index (χ3n) is 4.60. The van der Waals surface area contributed by atoms with Crippen LogP contribution in [0.5, 0.6) is 0 Å². The lowest BCUT2D eigenvalue weighted by atomic mass is 9.94. The number of nitrogens with zero attached hydrogens (tertiary/aromatic N) is 2. The molecule has 3 unspecified atom stereocenters. The Morgan fingerprint density at radius 1 is 1.35 bits per heavy atom. The molecule has 0 aromatic carbocycles. The number of hydrogen-bond donors (Lipinski definition) is 2. The number of aliphatic hydroxyl groups is 1. The Hall–Kier alpha value is -1.30. The van der Waals surface area contributed by atoms with Gasteiger partial charge in [-0.05, 0) is 38.5 Å². The highest BCUT2D eigenvalue weighted by molar-refractivity contribution is 5.84. The molecular formula is C14H24N2O4. The summed E-state index contributed by atoms with van der Waals surface area (Å²) in [6.07, 6.45) is 2.97. The van der Waals surface area contributed by atoms with Crippen molar-refractivity contribution in [2.45, 2.75) is 45.2 Å². The summed E-state index contributed by atoms with van der Waals surface area (Å²) in [6.45, 7) is 4.42. The summed E-state index contributed by atoms with van der Waals surface area (Å²) >= 11 is 0. The van der Waals surface area contributed by atoms with Gasteiger partial charge in [0, 0.05) is 19.1 Å². The van der Waals surface area contributed by atoms with Crippen LogP contribution in [0.4, 0.5) is 4.79 Å². The van der Waals surface area contributed by atoms with Crippen LogP contribution in [0.25, 0.3) is 0 Å². The second-order valence-electron chi connectivity index (χ2n) is 6.08. The number of carbonyl (C=O) groups excluding carboxylic acids is 1. The Morgan fingerprint density at radius 3 is 2.60 bits per heavy atom. The first-order valence-corrected chi connectivity index (χ1v) is 7.38. The summed E-state index contributed by atoms with van der Waals surface area (Å²) in [5, 5.41) is 18.6. The molecular weight excluding hydrogens is 260 g/mol. The van der Waals surface area contributed by atoms with Crippen molar-refractivity contribution in [2.75, 3.05) is 19.7 Å². The van der Waals surface area contributed by atoms with Gasteiger partial charge in [-0.25, -0.2) is 9.59 Å². The number of carboxylic acids is 1. The highest BCUT2D eigenvalue weighted by atomic mass is 16.4. The van der Waals surface area contributed by atoms with Crippen LogP contribution in [0.15, 0.2) is 0 Å². The Labute approximate surface area is 119 Å².